The molecule has 0 unspecified atom stereocenters. The predicted octanol–water partition coefficient (Wildman–Crippen LogP) is 2.32. The van der Waals surface area contributed by atoms with Crippen molar-refractivity contribution < 1.29 is 14.5 Å². The van der Waals surface area contributed by atoms with E-state index in [1.54, 1.807) is 30.3 Å². The summed E-state index contributed by atoms with van der Waals surface area (Å²) in [6, 6.07) is 11.7. The summed E-state index contributed by atoms with van der Waals surface area (Å²) in [5.41, 5.74) is 4.34. The summed E-state index contributed by atoms with van der Waals surface area (Å²) in [6.45, 7) is 0. The maximum absolute atomic E-state index is 11.9. The van der Waals surface area contributed by atoms with Crippen molar-refractivity contribution in [2.24, 2.45) is 0 Å². The first-order valence-electron chi connectivity index (χ1n) is 6.08. The van der Waals surface area contributed by atoms with E-state index >= 15 is 0 Å². The van der Waals surface area contributed by atoms with Gasteiger partial charge in [-0.25, -0.2) is 0 Å². The summed E-state index contributed by atoms with van der Waals surface area (Å²) in [5, 5.41) is 10.7. The lowest BCUT2D eigenvalue weighted by atomic mass is 10.2. The fourth-order valence-electron chi connectivity index (χ4n) is 1.64. The van der Waals surface area contributed by atoms with Crippen LogP contribution in [0.1, 0.15) is 20.7 Å². The molecule has 8 heteroatoms. The maximum Gasteiger partial charge on any atom is 0.271 e. The lowest BCUT2D eigenvalue weighted by molar-refractivity contribution is -0.384. The van der Waals surface area contributed by atoms with Gasteiger partial charge in [-0.05, 0) is 18.2 Å². The molecule has 0 radical (unpaired) electrons. The molecule has 0 aromatic heterocycles. The van der Waals surface area contributed by atoms with Gasteiger partial charge in [0.25, 0.3) is 17.5 Å². The van der Waals surface area contributed by atoms with Crippen molar-refractivity contribution in [1.29, 1.82) is 0 Å². The normalized spacial score (nSPS) is 9.86. The van der Waals surface area contributed by atoms with Gasteiger partial charge >= 0.3 is 0 Å². The molecule has 112 valence electrons. The first-order valence-corrected chi connectivity index (χ1v) is 6.46. The van der Waals surface area contributed by atoms with E-state index in [4.69, 9.17) is 11.6 Å². The number of nitro benzene ring substituents is 1. The molecule has 2 aromatic carbocycles. The molecule has 2 rings (SSSR count). The SMILES string of the molecule is O=C(NNC(=O)c1cc([N+](=O)[O-])ccc1Cl)c1ccccc1. The number of non-ortho nitro benzene ring substituents is 1. The van der Waals surface area contributed by atoms with E-state index in [0.29, 0.717) is 5.56 Å². The summed E-state index contributed by atoms with van der Waals surface area (Å²) in [7, 11) is 0. The van der Waals surface area contributed by atoms with Gasteiger partial charge in [-0.1, -0.05) is 29.8 Å². The monoisotopic (exact) mass is 319 g/mol. The minimum Gasteiger partial charge on any atom is -0.267 e. The number of benzene rings is 2. The molecule has 0 spiro atoms. The van der Waals surface area contributed by atoms with Crippen LogP contribution in [-0.2, 0) is 0 Å². The Labute approximate surface area is 130 Å². The van der Waals surface area contributed by atoms with Gasteiger partial charge < -0.3 is 0 Å². The van der Waals surface area contributed by atoms with E-state index in [0.717, 1.165) is 6.07 Å². The van der Waals surface area contributed by atoms with Gasteiger partial charge in [0.15, 0.2) is 0 Å². The average molecular weight is 320 g/mol. The van der Waals surface area contributed by atoms with Crippen LogP contribution in [0.5, 0.6) is 0 Å². The van der Waals surface area contributed by atoms with Crippen LogP contribution in [0.4, 0.5) is 5.69 Å². The number of hydrogen-bond acceptors (Lipinski definition) is 4. The quantitative estimate of drug-likeness (QED) is 0.669. The van der Waals surface area contributed by atoms with Crippen LogP contribution in [0.15, 0.2) is 48.5 Å². The fourth-order valence-corrected chi connectivity index (χ4v) is 1.85. The van der Waals surface area contributed by atoms with Crippen LogP contribution < -0.4 is 10.9 Å². The van der Waals surface area contributed by atoms with Gasteiger partial charge in [0, 0.05) is 17.7 Å². The lowest BCUT2D eigenvalue weighted by Gasteiger charge is -2.08. The van der Waals surface area contributed by atoms with Gasteiger partial charge in [0.2, 0.25) is 0 Å². The smallest absolute Gasteiger partial charge is 0.267 e. The highest BCUT2D eigenvalue weighted by molar-refractivity contribution is 6.34. The Hall–Kier alpha value is -2.93. The van der Waals surface area contributed by atoms with Gasteiger partial charge in [0.1, 0.15) is 0 Å². The van der Waals surface area contributed by atoms with Crippen molar-refractivity contribution in [2.45, 2.75) is 0 Å². The highest BCUT2D eigenvalue weighted by Crippen LogP contribution is 2.21. The molecule has 0 saturated carbocycles. The minimum atomic E-state index is -0.752. The van der Waals surface area contributed by atoms with Gasteiger partial charge in [-0.3, -0.25) is 30.6 Å². The van der Waals surface area contributed by atoms with Gasteiger partial charge in [0.05, 0.1) is 15.5 Å². The first kappa shape index (κ1) is 15.5. The predicted molar refractivity (Wildman–Crippen MR) is 79.5 cm³/mol. The minimum absolute atomic E-state index is 0.0389. The average Bonchev–Trinajstić information content (AvgIpc) is 2.53. The van der Waals surface area contributed by atoms with Crippen molar-refractivity contribution in [3.8, 4) is 0 Å². The zero-order valence-electron chi connectivity index (χ0n) is 11.1. The third kappa shape index (κ3) is 3.58. The summed E-state index contributed by atoms with van der Waals surface area (Å²) in [6.07, 6.45) is 0. The number of amides is 2. The molecule has 2 aromatic rings. The second-order valence-corrected chi connectivity index (χ2v) is 4.60. The second kappa shape index (κ2) is 6.68. The Morgan fingerprint density at radius 1 is 1.00 bits per heavy atom. The standard InChI is InChI=1S/C14H10ClN3O4/c15-12-7-6-10(18(21)22)8-11(12)14(20)17-16-13(19)9-4-2-1-3-5-9/h1-8H,(H,16,19)(H,17,20). The molecular weight excluding hydrogens is 310 g/mol. The molecule has 0 atom stereocenters. The number of nitrogens with one attached hydrogen (secondary N) is 2. The number of rotatable bonds is 3. The Kier molecular flexibility index (Phi) is 4.70. The van der Waals surface area contributed by atoms with E-state index in [1.165, 1.54) is 12.1 Å². The number of nitro groups is 1. The Balaban J connectivity index is 2.08. The highest BCUT2D eigenvalue weighted by Gasteiger charge is 2.16. The summed E-state index contributed by atoms with van der Waals surface area (Å²) < 4.78 is 0. The van der Waals surface area contributed by atoms with Crippen LogP contribution in [0.2, 0.25) is 5.02 Å². The van der Waals surface area contributed by atoms with Crippen LogP contribution in [0, 0.1) is 10.1 Å². The molecule has 0 heterocycles. The van der Waals surface area contributed by atoms with Crippen molar-refractivity contribution in [2.75, 3.05) is 0 Å². The van der Waals surface area contributed by atoms with E-state index in [1.807, 2.05) is 0 Å². The number of carbonyl (C=O) groups is 2. The van der Waals surface area contributed by atoms with E-state index in [9.17, 15) is 19.7 Å². The Morgan fingerprint density at radius 3 is 2.27 bits per heavy atom. The Morgan fingerprint density at radius 2 is 1.64 bits per heavy atom. The zero-order chi connectivity index (χ0) is 16.1. The van der Waals surface area contributed by atoms with E-state index < -0.39 is 16.7 Å². The third-order valence-electron chi connectivity index (χ3n) is 2.73. The molecule has 2 N–H and O–H groups in total. The van der Waals surface area contributed by atoms with Crippen molar-refractivity contribution in [3.05, 3.63) is 74.8 Å². The maximum atomic E-state index is 11.9. The topological polar surface area (TPSA) is 101 Å². The van der Waals surface area contributed by atoms with Crippen LogP contribution >= 0.6 is 11.6 Å². The number of halogens is 1. The van der Waals surface area contributed by atoms with Crippen molar-refractivity contribution in [1.82, 2.24) is 10.9 Å². The van der Waals surface area contributed by atoms with Gasteiger partial charge in [-0.15, -0.1) is 0 Å². The fraction of sp³-hybridized carbons (Fsp3) is 0. The van der Waals surface area contributed by atoms with Crippen LogP contribution in [0.25, 0.3) is 0 Å². The molecule has 0 fully saturated rings. The highest BCUT2D eigenvalue weighted by atomic mass is 35.5. The number of nitrogens with zero attached hydrogens (tertiary/aromatic N) is 1. The molecule has 22 heavy (non-hydrogen) atoms. The number of carbonyl (C=O) groups excluding carboxylic acids is 2. The van der Waals surface area contributed by atoms with Gasteiger partial charge in [-0.2, -0.15) is 0 Å². The molecule has 0 bridgehead atoms. The molecule has 2 amide bonds. The molecule has 7 nitrogen and oxygen atoms in total. The van der Waals surface area contributed by atoms with E-state index in [2.05, 4.69) is 10.9 Å². The number of hydrazine groups is 1. The molecule has 0 saturated heterocycles. The largest absolute Gasteiger partial charge is 0.271 e. The summed E-state index contributed by atoms with van der Waals surface area (Å²) in [5.74, 6) is -1.27. The molecular formula is C14H10ClN3O4. The van der Waals surface area contributed by atoms with Crippen LogP contribution in [-0.4, -0.2) is 16.7 Å². The molecule has 0 aliphatic rings. The van der Waals surface area contributed by atoms with Crippen LogP contribution in [0.3, 0.4) is 0 Å². The van der Waals surface area contributed by atoms with Crippen molar-refractivity contribution in [3.63, 3.8) is 0 Å². The van der Waals surface area contributed by atoms with Crippen molar-refractivity contribution >= 4 is 29.1 Å². The number of hydrogen-bond donors (Lipinski definition) is 2. The zero-order valence-corrected chi connectivity index (χ0v) is 11.8. The second-order valence-electron chi connectivity index (χ2n) is 4.20. The lowest BCUT2D eigenvalue weighted by Crippen LogP contribution is -2.41. The summed E-state index contributed by atoms with van der Waals surface area (Å²) >= 11 is 5.83. The van der Waals surface area contributed by atoms with E-state index in [-0.39, 0.29) is 16.3 Å². The molecule has 0 aliphatic heterocycles. The molecule has 0 aliphatic carbocycles. The summed E-state index contributed by atoms with van der Waals surface area (Å²) in [4.78, 5) is 33.8. The Bertz CT molecular complexity index is 734. The third-order valence-corrected chi connectivity index (χ3v) is 3.06. The first-order chi connectivity index (χ1) is 10.5.